The topological polar surface area (TPSA) is 42.0 Å². The smallest absolute Gasteiger partial charge is 0.256 e. The molecule has 1 aromatic heterocycles. The lowest BCUT2D eigenvalue weighted by molar-refractivity contribution is 0.102. The molecule has 3 nitrogen and oxygen atoms in total. The van der Waals surface area contributed by atoms with Crippen LogP contribution in [0.2, 0.25) is 0 Å². The molecule has 0 atom stereocenters. The summed E-state index contributed by atoms with van der Waals surface area (Å²) in [6.07, 6.45) is 0. The Kier molecular flexibility index (Phi) is 4.89. The van der Waals surface area contributed by atoms with Crippen molar-refractivity contribution in [2.45, 2.75) is 27.7 Å². The Hall–Kier alpha value is -3.46. The molecule has 3 heteroatoms. The summed E-state index contributed by atoms with van der Waals surface area (Å²) >= 11 is 0. The fraction of sp³-hybridized carbons (Fsp3) is 0.154. The predicted octanol–water partition coefficient (Wildman–Crippen LogP) is 6.39. The quantitative estimate of drug-likeness (QED) is 0.447. The van der Waals surface area contributed by atoms with Crippen molar-refractivity contribution in [2.75, 3.05) is 5.32 Å². The number of carbonyl (C=O) groups excluding carboxylic acids is 1. The zero-order chi connectivity index (χ0) is 20.5. The van der Waals surface area contributed by atoms with Gasteiger partial charge in [-0.25, -0.2) is 4.98 Å². The highest BCUT2D eigenvalue weighted by molar-refractivity contribution is 6.13. The van der Waals surface area contributed by atoms with E-state index >= 15 is 0 Å². The number of nitrogens with zero attached hydrogens (tertiary/aromatic N) is 1. The van der Waals surface area contributed by atoms with E-state index in [-0.39, 0.29) is 5.91 Å². The van der Waals surface area contributed by atoms with Crippen LogP contribution in [0.25, 0.3) is 22.2 Å². The Morgan fingerprint density at radius 2 is 1.52 bits per heavy atom. The first-order valence-electron chi connectivity index (χ1n) is 9.78. The molecule has 0 saturated heterocycles. The maximum atomic E-state index is 13.3. The van der Waals surface area contributed by atoms with Gasteiger partial charge in [0.15, 0.2) is 0 Å². The van der Waals surface area contributed by atoms with Gasteiger partial charge in [-0.05, 0) is 57.0 Å². The molecule has 144 valence electrons. The van der Waals surface area contributed by atoms with Gasteiger partial charge in [-0.15, -0.1) is 0 Å². The van der Waals surface area contributed by atoms with Crippen molar-refractivity contribution in [3.63, 3.8) is 0 Å². The zero-order valence-electron chi connectivity index (χ0n) is 17.2. The second-order valence-electron chi connectivity index (χ2n) is 7.67. The Balaban J connectivity index is 1.89. The van der Waals surface area contributed by atoms with Crippen molar-refractivity contribution >= 4 is 22.5 Å². The minimum atomic E-state index is -0.120. The average molecular weight is 380 g/mol. The number of hydrogen-bond acceptors (Lipinski definition) is 2. The van der Waals surface area contributed by atoms with Crippen molar-refractivity contribution in [1.29, 1.82) is 0 Å². The van der Waals surface area contributed by atoms with Crippen molar-refractivity contribution in [2.24, 2.45) is 0 Å². The van der Waals surface area contributed by atoms with Crippen LogP contribution in [0.15, 0.2) is 66.7 Å². The summed E-state index contributed by atoms with van der Waals surface area (Å²) in [5.41, 5.74) is 8.54. The minimum absolute atomic E-state index is 0.120. The van der Waals surface area contributed by atoms with Crippen LogP contribution < -0.4 is 5.32 Å². The summed E-state index contributed by atoms with van der Waals surface area (Å²) in [7, 11) is 0. The van der Waals surface area contributed by atoms with Gasteiger partial charge in [-0.2, -0.15) is 0 Å². The highest BCUT2D eigenvalue weighted by Gasteiger charge is 2.16. The van der Waals surface area contributed by atoms with E-state index < -0.39 is 0 Å². The fourth-order valence-electron chi connectivity index (χ4n) is 3.64. The second kappa shape index (κ2) is 7.51. The molecule has 4 aromatic rings. The molecule has 1 heterocycles. The third-order valence-corrected chi connectivity index (χ3v) is 5.23. The Morgan fingerprint density at radius 3 is 2.24 bits per heavy atom. The molecule has 0 spiro atoms. The van der Waals surface area contributed by atoms with E-state index in [9.17, 15) is 4.79 Å². The van der Waals surface area contributed by atoms with Gasteiger partial charge in [0.2, 0.25) is 0 Å². The molecule has 0 bridgehead atoms. The number of fused-ring (bicyclic) bond motifs is 1. The number of para-hydroxylation sites is 1. The van der Waals surface area contributed by atoms with Gasteiger partial charge in [0.25, 0.3) is 5.91 Å². The number of hydrogen-bond donors (Lipinski definition) is 1. The largest absolute Gasteiger partial charge is 0.322 e. The first-order chi connectivity index (χ1) is 13.9. The van der Waals surface area contributed by atoms with Crippen LogP contribution in [0.1, 0.15) is 32.6 Å². The average Bonchev–Trinajstić information content (AvgIpc) is 2.69. The summed E-state index contributed by atoms with van der Waals surface area (Å²) in [6.45, 7) is 8.14. The molecule has 3 aromatic carbocycles. The number of benzene rings is 3. The molecular weight excluding hydrogens is 356 g/mol. The van der Waals surface area contributed by atoms with Crippen LogP contribution in [-0.2, 0) is 0 Å². The lowest BCUT2D eigenvalue weighted by atomic mass is 9.99. The number of aryl methyl sites for hydroxylation is 4. The molecule has 29 heavy (non-hydrogen) atoms. The Bertz CT molecular complexity index is 1220. The highest BCUT2D eigenvalue weighted by atomic mass is 16.1. The van der Waals surface area contributed by atoms with Gasteiger partial charge in [-0.1, -0.05) is 59.7 Å². The van der Waals surface area contributed by atoms with Gasteiger partial charge in [0, 0.05) is 16.6 Å². The number of nitrogens with one attached hydrogen (secondary N) is 1. The van der Waals surface area contributed by atoms with Gasteiger partial charge >= 0.3 is 0 Å². The number of pyridine rings is 1. The third-order valence-electron chi connectivity index (χ3n) is 5.23. The standard InChI is InChI=1S/C26H24N2O/c1-16-9-11-20(12-10-16)24-15-22(21-14-17(2)13-19(4)25(21)27-24)26(29)28-23-8-6-5-7-18(23)3/h5-15H,1-4H3,(H,28,29). The van der Waals surface area contributed by atoms with Crippen LogP contribution in [-0.4, -0.2) is 10.9 Å². The molecule has 1 N–H and O–H groups in total. The fourth-order valence-corrected chi connectivity index (χ4v) is 3.64. The first-order valence-corrected chi connectivity index (χ1v) is 9.78. The highest BCUT2D eigenvalue weighted by Crippen LogP contribution is 2.29. The van der Waals surface area contributed by atoms with Gasteiger partial charge in [0.05, 0.1) is 16.8 Å². The summed E-state index contributed by atoms with van der Waals surface area (Å²) in [5, 5.41) is 3.96. The second-order valence-corrected chi connectivity index (χ2v) is 7.67. The molecule has 0 unspecified atom stereocenters. The third kappa shape index (κ3) is 3.77. The van der Waals surface area contributed by atoms with E-state index in [2.05, 4.69) is 42.6 Å². The maximum absolute atomic E-state index is 13.3. The van der Waals surface area contributed by atoms with E-state index in [1.807, 2.05) is 57.2 Å². The molecular formula is C26H24N2O. The lowest BCUT2D eigenvalue weighted by Gasteiger charge is -2.14. The molecule has 0 aliphatic carbocycles. The van der Waals surface area contributed by atoms with Crippen LogP contribution in [0.3, 0.4) is 0 Å². The van der Waals surface area contributed by atoms with Crippen molar-refractivity contribution in [3.05, 3.63) is 94.5 Å². The van der Waals surface area contributed by atoms with Crippen molar-refractivity contribution in [1.82, 2.24) is 4.98 Å². The first kappa shape index (κ1) is 18.9. The Labute approximate surface area is 171 Å². The van der Waals surface area contributed by atoms with Gasteiger partial charge in [-0.3, -0.25) is 4.79 Å². The maximum Gasteiger partial charge on any atom is 0.256 e. The van der Waals surface area contributed by atoms with E-state index in [1.165, 1.54) is 5.56 Å². The van der Waals surface area contributed by atoms with Crippen LogP contribution in [0, 0.1) is 27.7 Å². The monoisotopic (exact) mass is 380 g/mol. The molecule has 0 radical (unpaired) electrons. The molecule has 0 saturated carbocycles. The normalized spacial score (nSPS) is 10.9. The van der Waals surface area contributed by atoms with E-state index in [0.717, 1.165) is 44.5 Å². The summed E-state index contributed by atoms with van der Waals surface area (Å²) in [4.78, 5) is 18.2. The summed E-state index contributed by atoms with van der Waals surface area (Å²) < 4.78 is 0. The number of amides is 1. The number of anilines is 1. The molecule has 1 amide bonds. The Morgan fingerprint density at radius 1 is 0.793 bits per heavy atom. The van der Waals surface area contributed by atoms with Crippen molar-refractivity contribution < 1.29 is 4.79 Å². The van der Waals surface area contributed by atoms with E-state index in [0.29, 0.717) is 5.56 Å². The molecule has 0 fully saturated rings. The molecule has 4 rings (SSSR count). The van der Waals surface area contributed by atoms with Gasteiger partial charge < -0.3 is 5.32 Å². The number of carbonyl (C=O) groups is 1. The number of rotatable bonds is 3. The minimum Gasteiger partial charge on any atom is -0.322 e. The van der Waals surface area contributed by atoms with Crippen LogP contribution in [0.5, 0.6) is 0 Å². The molecule has 0 aliphatic rings. The van der Waals surface area contributed by atoms with Gasteiger partial charge in [0.1, 0.15) is 0 Å². The lowest BCUT2D eigenvalue weighted by Crippen LogP contribution is -2.14. The van der Waals surface area contributed by atoms with E-state index in [4.69, 9.17) is 4.98 Å². The summed E-state index contributed by atoms with van der Waals surface area (Å²) in [5.74, 6) is -0.120. The summed E-state index contributed by atoms with van der Waals surface area (Å²) in [6, 6.07) is 22.1. The SMILES string of the molecule is Cc1ccc(-c2cc(C(=O)Nc3ccccc3C)c3cc(C)cc(C)c3n2)cc1. The van der Waals surface area contributed by atoms with Crippen LogP contribution >= 0.6 is 0 Å². The van der Waals surface area contributed by atoms with Crippen LogP contribution in [0.4, 0.5) is 5.69 Å². The molecule has 0 aliphatic heterocycles. The predicted molar refractivity (Wildman–Crippen MR) is 121 cm³/mol. The van der Waals surface area contributed by atoms with E-state index in [1.54, 1.807) is 0 Å². The number of aromatic nitrogens is 1. The van der Waals surface area contributed by atoms with Crippen molar-refractivity contribution in [3.8, 4) is 11.3 Å². The zero-order valence-corrected chi connectivity index (χ0v) is 17.2.